The molecule has 0 unspecified atom stereocenters. The first-order valence-corrected chi connectivity index (χ1v) is 9.43. The highest BCUT2D eigenvalue weighted by molar-refractivity contribution is 14.0. The fourth-order valence-electron chi connectivity index (χ4n) is 3.07. The molecule has 154 valence electrons. The number of benzene rings is 1. The largest absolute Gasteiger partial charge is 0.491 e. The van der Waals surface area contributed by atoms with Crippen molar-refractivity contribution < 1.29 is 14.2 Å². The third-order valence-electron chi connectivity index (χ3n) is 4.69. The standard InChI is InChI=1S/C20H33N3O3.HI/c1-21-20(23(2)10-7-17-8-11-25-12-9-17)22-16-18-5-4-6-19(15-18)26-14-13-24-3;/h4-6,15,17H,7-14,16H2,1-3H3,(H,21,22);1H. The Morgan fingerprint density at radius 1 is 1.30 bits per heavy atom. The maximum atomic E-state index is 5.67. The van der Waals surface area contributed by atoms with Gasteiger partial charge in [-0.05, 0) is 42.9 Å². The van der Waals surface area contributed by atoms with E-state index in [-0.39, 0.29) is 24.0 Å². The Hall–Kier alpha value is -1.06. The van der Waals surface area contributed by atoms with Gasteiger partial charge >= 0.3 is 0 Å². The van der Waals surface area contributed by atoms with E-state index in [0.717, 1.165) is 43.9 Å². The summed E-state index contributed by atoms with van der Waals surface area (Å²) in [7, 11) is 5.60. The molecular weight excluding hydrogens is 457 g/mol. The van der Waals surface area contributed by atoms with Crippen LogP contribution >= 0.6 is 24.0 Å². The highest BCUT2D eigenvalue weighted by Crippen LogP contribution is 2.18. The molecule has 0 atom stereocenters. The van der Waals surface area contributed by atoms with Crippen LogP contribution in [-0.4, -0.2) is 65.0 Å². The van der Waals surface area contributed by atoms with Crippen molar-refractivity contribution in [3.63, 3.8) is 0 Å². The molecule has 27 heavy (non-hydrogen) atoms. The first kappa shape index (κ1) is 24.0. The van der Waals surface area contributed by atoms with Gasteiger partial charge in [-0.3, -0.25) is 4.99 Å². The Kier molecular flexibility index (Phi) is 12.4. The number of halogens is 1. The van der Waals surface area contributed by atoms with Crippen LogP contribution in [0.4, 0.5) is 0 Å². The van der Waals surface area contributed by atoms with Crippen molar-refractivity contribution in [3.05, 3.63) is 29.8 Å². The number of guanidine groups is 1. The summed E-state index contributed by atoms with van der Waals surface area (Å²) in [6.07, 6.45) is 3.54. The number of hydrogen-bond donors (Lipinski definition) is 1. The minimum atomic E-state index is 0. The molecule has 7 heteroatoms. The van der Waals surface area contributed by atoms with Crippen LogP contribution in [0.5, 0.6) is 5.75 Å². The van der Waals surface area contributed by atoms with Crippen LogP contribution in [0.25, 0.3) is 0 Å². The summed E-state index contributed by atoms with van der Waals surface area (Å²) in [5, 5.41) is 3.44. The maximum Gasteiger partial charge on any atom is 0.193 e. The van der Waals surface area contributed by atoms with Crippen LogP contribution in [-0.2, 0) is 16.0 Å². The third-order valence-corrected chi connectivity index (χ3v) is 4.69. The predicted octanol–water partition coefficient (Wildman–Crippen LogP) is 3.15. The second-order valence-corrected chi connectivity index (χ2v) is 6.66. The Bertz CT molecular complexity index is 551. The van der Waals surface area contributed by atoms with Gasteiger partial charge in [-0.2, -0.15) is 0 Å². The number of hydrogen-bond acceptors (Lipinski definition) is 4. The second-order valence-electron chi connectivity index (χ2n) is 6.66. The fraction of sp³-hybridized carbons (Fsp3) is 0.650. The van der Waals surface area contributed by atoms with Crippen molar-refractivity contribution in [1.82, 2.24) is 10.2 Å². The SMILES string of the molecule is CN=C(NCc1cccc(OCCOC)c1)N(C)CCC1CCOCC1.I. The van der Waals surface area contributed by atoms with Crippen molar-refractivity contribution in [2.45, 2.75) is 25.8 Å². The number of nitrogens with zero attached hydrogens (tertiary/aromatic N) is 2. The van der Waals surface area contributed by atoms with Crippen LogP contribution < -0.4 is 10.1 Å². The molecule has 0 spiro atoms. The van der Waals surface area contributed by atoms with Crippen LogP contribution in [0.3, 0.4) is 0 Å². The molecule has 2 rings (SSSR count). The van der Waals surface area contributed by atoms with Crippen LogP contribution in [0.15, 0.2) is 29.3 Å². The van der Waals surface area contributed by atoms with E-state index >= 15 is 0 Å². The molecule has 1 aromatic carbocycles. The van der Waals surface area contributed by atoms with Gasteiger partial charge in [0.15, 0.2) is 5.96 Å². The highest BCUT2D eigenvalue weighted by atomic mass is 127. The lowest BCUT2D eigenvalue weighted by atomic mass is 9.96. The molecule has 1 heterocycles. The van der Waals surface area contributed by atoms with E-state index in [1.807, 2.05) is 19.2 Å². The fourth-order valence-corrected chi connectivity index (χ4v) is 3.07. The van der Waals surface area contributed by atoms with E-state index in [4.69, 9.17) is 14.2 Å². The molecule has 0 aromatic heterocycles. The van der Waals surface area contributed by atoms with Crippen molar-refractivity contribution in [2.75, 3.05) is 54.2 Å². The normalized spacial score (nSPS) is 15.1. The summed E-state index contributed by atoms with van der Waals surface area (Å²) in [5.41, 5.74) is 1.17. The summed E-state index contributed by atoms with van der Waals surface area (Å²) >= 11 is 0. The zero-order valence-electron chi connectivity index (χ0n) is 16.8. The molecule has 1 aromatic rings. The van der Waals surface area contributed by atoms with Crippen molar-refractivity contribution in [2.24, 2.45) is 10.9 Å². The second kappa shape index (κ2) is 14.0. The lowest BCUT2D eigenvalue weighted by Gasteiger charge is -2.26. The van der Waals surface area contributed by atoms with Gasteiger partial charge in [0, 0.05) is 47.5 Å². The molecule has 1 saturated heterocycles. The smallest absolute Gasteiger partial charge is 0.193 e. The number of nitrogens with one attached hydrogen (secondary N) is 1. The summed E-state index contributed by atoms with van der Waals surface area (Å²) < 4.78 is 16.1. The van der Waals surface area contributed by atoms with Gasteiger partial charge in [0.05, 0.1) is 6.61 Å². The molecule has 0 radical (unpaired) electrons. The van der Waals surface area contributed by atoms with Crippen LogP contribution in [0, 0.1) is 5.92 Å². The molecule has 6 nitrogen and oxygen atoms in total. The van der Waals surface area contributed by atoms with Gasteiger partial charge in [-0.15, -0.1) is 24.0 Å². The first-order valence-electron chi connectivity index (χ1n) is 9.43. The number of methoxy groups -OCH3 is 1. The average Bonchev–Trinajstić information content (AvgIpc) is 2.68. The topological polar surface area (TPSA) is 55.3 Å². The molecule has 1 aliphatic rings. The summed E-state index contributed by atoms with van der Waals surface area (Å²) in [5.74, 6) is 2.55. The lowest BCUT2D eigenvalue weighted by molar-refractivity contribution is 0.0625. The lowest BCUT2D eigenvalue weighted by Crippen LogP contribution is -2.39. The van der Waals surface area contributed by atoms with E-state index < -0.39 is 0 Å². The van der Waals surface area contributed by atoms with Gasteiger partial charge in [-0.25, -0.2) is 0 Å². The number of ether oxygens (including phenoxy) is 3. The molecule has 0 amide bonds. The van der Waals surface area contributed by atoms with Crippen molar-refractivity contribution in [1.29, 1.82) is 0 Å². The highest BCUT2D eigenvalue weighted by Gasteiger charge is 2.15. The van der Waals surface area contributed by atoms with Crippen LogP contribution in [0.1, 0.15) is 24.8 Å². The summed E-state index contributed by atoms with van der Waals surface area (Å²) in [4.78, 5) is 6.61. The minimum absolute atomic E-state index is 0. The maximum absolute atomic E-state index is 5.67. The van der Waals surface area contributed by atoms with E-state index in [1.54, 1.807) is 7.11 Å². The van der Waals surface area contributed by atoms with E-state index in [2.05, 4.69) is 34.4 Å². The van der Waals surface area contributed by atoms with Crippen molar-refractivity contribution in [3.8, 4) is 5.75 Å². The molecular formula is C20H34IN3O3. The zero-order chi connectivity index (χ0) is 18.6. The van der Waals surface area contributed by atoms with Crippen LogP contribution in [0.2, 0.25) is 0 Å². The molecule has 1 aliphatic heterocycles. The van der Waals surface area contributed by atoms with Gasteiger partial charge in [0.2, 0.25) is 0 Å². The van der Waals surface area contributed by atoms with E-state index in [0.29, 0.717) is 13.2 Å². The summed E-state index contributed by atoms with van der Waals surface area (Å²) in [6.45, 7) is 4.69. The quantitative estimate of drug-likeness (QED) is 0.249. The first-order chi connectivity index (χ1) is 12.7. The monoisotopic (exact) mass is 491 g/mol. The van der Waals surface area contributed by atoms with E-state index in [9.17, 15) is 0 Å². The molecule has 0 saturated carbocycles. The Balaban J connectivity index is 0.00000364. The van der Waals surface area contributed by atoms with E-state index in [1.165, 1.54) is 24.8 Å². The predicted molar refractivity (Wildman–Crippen MR) is 120 cm³/mol. The molecule has 0 bridgehead atoms. The minimum Gasteiger partial charge on any atom is -0.491 e. The van der Waals surface area contributed by atoms with Gasteiger partial charge < -0.3 is 24.4 Å². The molecule has 1 N–H and O–H groups in total. The van der Waals surface area contributed by atoms with Gasteiger partial charge in [-0.1, -0.05) is 12.1 Å². The Morgan fingerprint density at radius 3 is 2.78 bits per heavy atom. The summed E-state index contributed by atoms with van der Waals surface area (Å²) in [6, 6.07) is 8.12. The number of rotatable bonds is 9. The number of aliphatic imine (C=N–C) groups is 1. The Labute approximate surface area is 180 Å². The third kappa shape index (κ3) is 9.12. The zero-order valence-corrected chi connectivity index (χ0v) is 19.1. The average molecular weight is 491 g/mol. The van der Waals surface area contributed by atoms with Gasteiger partial charge in [0.1, 0.15) is 12.4 Å². The van der Waals surface area contributed by atoms with Gasteiger partial charge in [0.25, 0.3) is 0 Å². The molecule has 0 aliphatic carbocycles. The molecule has 1 fully saturated rings. The van der Waals surface area contributed by atoms with Crippen molar-refractivity contribution >= 4 is 29.9 Å². The Morgan fingerprint density at radius 2 is 2.07 bits per heavy atom.